The molecule has 2 rings (SSSR count). The highest BCUT2D eigenvalue weighted by Gasteiger charge is 2.21. The van der Waals surface area contributed by atoms with E-state index in [1.807, 2.05) is 25.1 Å². The lowest BCUT2D eigenvalue weighted by Gasteiger charge is -2.17. The molecule has 0 bridgehead atoms. The Bertz CT molecular complexity index is 535. The Labute approximate surface area is 121 Å². The average molecular weight is 298 g/mol. The van der Waals surface area contributed by atoms with Gasteiger partial charge in [-0.2, -0.15) is 0 Å². The van der Waals surface area contributed by atoms with Gasteiger partial charge in [0.2, 0.25) is 10.0 Å². The number of sulfonamides is 1. The van der Waals surface area contributed by atoms with E-state index < -0.39 is 10.0 Å². The monoisotopic (exact) mass is 298 g/mol. The molecule has 1 aliphatic heterocycles. The van der Waals surface area contributed by atoms with Crippen LogP contribution in [-0.2, 0) is 14.8 Å². The lowest BCUT2D eigenvalue weighted by atomic mass is 10.1. The summed E-state index contributed by atoms with van der Waals surface area (Å²) in [6.07, 6.45) is 2.45. The molecule has 20 heavy (non-hydrogen) atoms. The molecule has 5 nitrogen and oxygen atoms in total. The van der Waals surface area contributed by atoms with Crippen LogP contribution in [0.15, 0.2) is 29.2 Å². The van der Waals surface area contributed by atoms with E-state index in [9.17, 15) is 8.42 Å². The van der Waals surface area contributed by atoms with Crippen molar-refractivity contribution in [1.82, 2.24) is 4.72 Å². The summed E-state index contributed by atoms with van der Waals surface area (Å²) >= 11 is 0. The average Bonchev–Trinajstić information content (AvgIpc) is 2.67. The fourth-order valence-corrected chi connectivity index (χ4v) is 3.58. The van der Waals surface area contributed by atoms with E-state index in [-0.39, 0.29) is 6.04 Å². The Hall–Kier alpha value is -1.11. The van der Waals surface area contributed by atoms with Crippen LogP contribution in [0.25, 0.3) is 0 Å². The minimum atomic E-state index is -3.46. The molecule has 0 aromatic heterocycles. The van der Waals surface area contributed by atoms with Crippen molar-refractivity contribution in [2.45, 2.75) is 30.2 Å². The van der Waals surface area contributed by atoms with Crippen LogP contribution in [0.3, 0.4) is 0 Å². The van der Waals surface area contributed by atoms with Crippen molar-refractivity contribution in [1.29, 1.82) is 0 Å². The van der Waals surface area contributed by atoms with Gasteiger partial charge in [-0.15, -0.1) is 0 Å². The number of ether oxygens (including phenoxy) is 1. The second-order valence-electron chi connectivity index (χ2n) is 5.25. The number of benzene rings is 1. The summed E-state index contributed by atoms with van der Waals surface area (Å²) in [6.45, 7) is 1.33. The molecule has 0 saturated carbocycles. The van der Waals surface area contributed by atoms with Gasteiger partial charge in [0, 0.05) is 39.0 Å². The van der Waals surface area contributed by atoms with Gasteiger partial charge in [-0.25, -0.2) is 13.1 Å². The van der Waals surface area contributed by atoms with E-state index in [4.69, 9.17) is 4.74 Å². The molecule has 6 heteroatoms. The van der Waals surface area contributed by atoms with Gasteiger partial charge >= 0.3 is 0 Å². The van der Waals surface area contributed by atoms with E-state index >= 15 is 0 Å². The second kappa shape index (κ2) is 6.56. The Morgan fingerprint density at radius 3 is 2.80 bits per heavy atom. The normalized spacial score (nSPS) is 20.4. The van der Waals surface area contributed by atoms with Gasteiger partial charge in [0.15, 0.2) is 0 Å². The number of rotatable bonds is 4. The summed E-state index contributed by atoms with van der Waals surface area (Å²) in [4.78, 5) is 2.20. The maximum Gasteiger partial charge on any atom is 0.240 e. The van der Waals surface area contributed by atoms with Crippen LogP contribution in [-0.4, -0.2) is 41.8 Å². The highest BCUT2D eigenvalue weighted by atomic mass is 32.2. The Morgan fingerprint density at radius 1 is 1.25 bits per heavy atom. The molecule has 1 atom stereocenters. The molecule has 1 aromatic carbocycles. The first kappa shape index (κ1) is 15.3. The van der Waals surface area contributed by atoms with Crippen LogP contribution in [0.1, 0.15) is 19.3 Å². The number of nitrogens with one attached hydrogen (secondary N) is 1. The predicted octanol–water partition coefficient (Wildman–Crippen LogP) is 1.60. The van der Waals surface area contributed by atoms with Crippen LogP contribution < -0.4 is 9.62 Å². The first-order valence-corrected chi connectivity index (χ1v) is 8.35. The summed E-state index contributed by atoms with van der Waals surface area (Å²) in [7, 11) is 0.317. The van der Waals surface area contributed by atoms with Crippen LogP contribution in [0, 0.1) is 0 Å². The Kier molecular flexibility index (Phi) is 5.01. The van der Waals surface area contributed by atoms with Gasteiger partial charge in [0.25, 0.3) is 0 Å². The quantitative estimate of drug-likeness (QED) is 0.917. The molecule has 112 valence electrons. The fourth-order valence-electron chi connectivity index (χ4n) is 2.24. The molecule has 1 aliphatic rings. The third-order valence-corrected chi connectivity index (χ3v) is 4.94. The molecule has 1 aromatic rings. The van der Waals surface area contributed by atoms with E-state index in [1.54, 1.807) is 18.2 Å². The molecule has 1 saturated heterocycles. The second-order valence-corrected chi connectivity index (χ2v) is 6.97. The van der Waals surface area contributed by atoms with Crippen molar-refractivity contribution in [3.8, 4) is 0 Å². The largest absolute Gasteiger partial charge is 0.381 e. The summed E-state index contributed by atoms with van der Waals surface area (Å²) < 4.78 is 33.0. The summed E-state index contributed by atoms with van der Waals surface area (Å²) in [5.74, 6) is 0. The third kappa shape index (κ3) is 3.94. The zero-order valence-corrected chi connectivity index (χ0v) is 12.8. The van der Waals surface area contributed by atoms with Gasteiger partial charge in [-0.3, -0.25) is 0 Å². The summed E-state index contributed by atoms with van der Waals surface area (Å²) in [5, 5.41) is 0. The molecule has 1 unspecified atom stereocenters. The number of nitrogens with zero attached hydrogens (tertiary/aromatic N) is 1. The number of hydrogen-bond acceptors (Lipinski definition) is 4. The maximum atomic E-state index is 12.4. The van der Waals surface area contributed by atoms with E-state index in [0.29, 0.717) is 18.1 Å². The molecule has 0 radical (unpaired) electrons. The highest BCUT2D eigenvalue weighted by Crippen LogP contribution is 2.19. The van der Waals surface area contributed by atoms with Crippen molar-refractivity contribution in [2.75, 3.05) is 32.2 Å². The fraction of sp³-hybridized carbons (Fsp3) is 0.571. The molecular weight excluding hydrogens is 276 g/mol. The maximum absolute atomic E-state index is 12.4. The smallest absolute Gasteiger partial charge is 0.240 e. The minimum Gasteiger partial charge on any atom is -0.381 e. The number of hydrogen-bond donors (Lipinski definition) is 1. The summed E-state index contributed by atoms with van der Waals surface area (Å²) in [6, 6.07) is 6.93. The molecule has 0 amide bonds. The van der Waals surface area contributed by atoms with Crippen LogP contribution in [0.2, 0.25) is 0 Å². The standard InChI is InChI=1S/C14H22N2O3S/c1-16(2)13-6-3-7-14(11-13)20(17,18)15-12-5-4-9-19-10-8-12/h3,6-7,11-12,15H,4-5,8-10H2,1-2H3. The van der Waals surface area contributed by atoms with Crippen molar-refractivity contribution in [3.63, 3.8) is 0 Å². The van der Waals surface area contributed by atoms with E-state index in [1.165, 1.54) is 0 Å². The lowest BCUT2D eigenvalue weighted by Crippen LogP contribution is -2.35. The van der Waals surface area contributed by atoms with Crippen LogP contribution in [0.5, 0.6) is 0 Å². The zero-order chi connectivity index (χ0) is 14.6. The molecule has 0 aliphatic carbocycles. The molecule has 1 fully saturated rings. The molecular formula is C14H22N2O3S. The third-order valence-electron chi connectivity index (χ3n) is 3.42. The van der Waals surface area contributed by atoms with Crippen molar-refractivity contribution < 1.29 is 13.2 Å². The lowest BCUT2D eigenvalue weighted by molar-refractivity contribution is 0.143. The highest BCUT2D eigenvalue weighted by molar-refractivity contribution is 7.89. The molecule has 1 N–H and O–H groups in total. The minimum absolute atomic E-state index is 0.0366. The van der Waals surface area contributed by atoms with Gasteiger partial charge in [-0.1, -0.05) is 6.07 Å². The van der Waals surface area contributed by atoms with Crippen LogP contribution in [0.4, 0.5) is 5.69 Å². The van der Waals surface area contributed by atoms with Gasteiger partial charge in [-0.05, 0) is 37.5 Å². The molecule has 0 spiro atoms. The summed E-state index contributed by atoms with van der Waals surface area (Å²) in [5.41, 5.74) is 0.872. The van der Waals surface area contributed by atoms with Crippen LogP contribution >= 0.6 is 0 Å². The first-order chi connectivity index (χ1) is 9.49. The SMILES string of the molecule is CN(C)c1cccc(S(=O)(=O)NC2CCCOCC2)c1. The number of anilines is 1. The van der Waals surface area contributed by atoms with Crippen molar-refractivity contribution in [2.24, 2.45) is 0 Å². The van der Waals surface area contributed by atoms with Crippen molar-refractivity contribution in [3.05, 3.63) is 24.3 Å². The Morgan fingerprint density at radius 2 is 2.05 bits per heavy atom. The topological polar surface area (TPSA) is 58.6 Å². The van der Waals surface area contributed by atoms with Crippen molar-refractivity contribution >= 4 is 15.7 Å². The zero-order valence-electron chi connectivity index (χ0n) is 12.0. The van der Waals surface area contributed by atoms with Gasteiger partial charge in [0.05, 0.1) is 4.90 Å². The predicted molar refractivity (Wildman–Crippen MR) is 79.5 cm³/mol. The van der Waals surface area contributed by atoms with E-state index in [2.05, 4.69) is 4.72 Å². The Balaban J connectivity index is 2.15. The van der Waals surface area contributed by atoms with Gasteiger partial charge < -0.3 is 9.64 Å². The van der Waals surface area contributed by atoms with Gasteiger partial charge in [0.1, 0.15) is 0 Å². The first-order valence-electron chi connectivity index (χ1n) is 6.86. The molecule has 1 heterocycles. The van der Waals surface area contributed by atoms with E-state index in [0.717, 1.165) is 24.9 Å².